The van der Waals surface area contributed by atoms with Gasteiger partial charge in [0.1, 0.15) is 13.5 Å². The molecule has 2 aromatic heterocycles. The van der Waals surface area contributed by atoms with Gasteiger partial charge in [-0.05, 0) is 19.9 Å². The largest absolute Gasteiger partial charge is 0.262 e. The van der Waals surface area contributed by atoms with Crippen LogP contribution in [0.4, 0.5) is 0 Å². The van der Waals surface area contributed by atoms with Crippen LogP contribution in [0, 0.1) is 6.92 Å². The van der Waals surface area contributed by atoms with Crippen LogP contribution in [0.1, 0.15) is 12.6 Å². The summed E-state index contributed by atoms with van der Waals surface area (Å²) >= 11 is 0. The topological polar surface area (TPSA) is 43.6 Å². The Bertz CT molecular complexity index is 461. The molecule has 4 nitrogen and oxygen atoms in total. The molecule has 0 saturated heterocycles. The second-order valence-corrected chi connectivity index (χ2v) is 3.33. The molecule has 0 amide bonds. The van der Waals surface area contributed by atoms with E-state index in [9.17, 15) is 0 Å². The molecule has 15 heavy (non-hydrogen) atoms. The summed E-state index contributed by atoms with van der Waals surface area (Å²) in [7, 11) is 5.53. The van der Waals surface area contributed by atoms with Gasteiger partial charge in [-0.25, -0.2) is 9.97 Å². The Labute approximate surface area is 89.8 Å². The van der Waals surface area contributed by atoms with Crippen molar-refractivity contribution in [2.24, 2.45) is 0 Å². The zero-order chi connectivity index (χ0) is 10.8. The molecular weight excluding hydrogens is 187 g/mol. The molecule has 0 aliphatic rings. The van der Waals surface area contributed by atoms with Crippen molar-refractivity contribution in [3.8, 4) is 11.5 Å². The minimum Gasteiger partial charge on any atom is -0.262 e. The minimum atomic E-state index is 0.568. The third kappa shape index (κ3) is 1.91. The molecule has 2 radical (unpaired) electrons. The fourth-order valence-corrected chi connectivity index (χ4v) is 1.44. The summed E-state index contributed by atoms with van der Waals surface area (Å²) in [5.41, 5.74) is 2.46. The first-order chi connectivity index (χ1) is 7.20. The van der Waals surface area contributed by atoms with Gasteiger partial charge in [-0.1, -0.05) is 5.46 Å². The van der Waals surface area contributed by atoms with E-state index in [-0.39, 0.29) is 0 Å². The summed E-state index contributed by atoms with van der Waals surface area (Å²) in [6, 6.07) is 1.97. The Hall–Kier alpha value is -1.65. The number of hydrogen-bond acceptors (Lipinski definition) is 3. The second kappa shape index (κ2) is 3.84. The summed E-state index contributed by atoms with van der Waals surface area (Å²) in [5.74, 6) is 0.659. The van der Waals surface area contributed by atoms with Gasteiger partial charge in [0.05, 0.1) is 5.69 Å². The Morgan fingerprint density at radius 1 is 1.33 bits per heavy atom. The van der Waals surface area contributed by atoms with Gasteiger partial charge in [-0.2, -0.15) is 5.10 Å². The van der Waals surface area contributed by atoms with Crippen LogP contribution in [0.15, 0.2) is 18.5 Å². The Kier molecular flexibility index (Phi) is 2.54. The lowest BCUT2D eigenvalue weighted by Crippen LogP contribution is -2.07. The average molecular weight is 198 g/mol. The standard InChI is InChI=1S/C10H11BN4/c1-3-15-9(4-7(2)14-15)10-12-5-8(11)6-13-10/h4-6H,3H2,1-2H3. The van der Waals surface area contributed by atoms with Crippen molar-refractivity contribution in [3.63, 3.8) is 0 Å². The van der Waals surface area contributed by atoms with E-state index < -0.39 is 0 Å². The van der Waals surface area contributed by atoms with Crippen molar-refractivity contribution < 1.29 is 0 Å². The van der Waals surface area contributed by atoms with Gasteiger partial charge in [-0.3, -0.25) is 4.68 Å². The quantitative estimate of drug-likeness (QED) is 0.658. The molecule has 0 saturated carbocycles. The number of rotatable bonds is 2. The SMILES string of the molecule is [B]c1cnc(-c2cc(C)nn2CC)nc1. The summed E-state index contributed by atoms with van der Waals surface area (Å²) in [5, 5.41) is 4.33. The van der Waals surface area contributed by atoms with E-state index in [0.29, 0.717) is 11.3 Å². The van der Waals surface area contributed by atoms with E-state index in [0.717, 1.165) is 17.9 Å². The van der Waals surface area contributed by atoms with Crippen molar-refractivity contribution in [1.29, 1.82) is 0 Å². The Morgan fingerprint density at radius 3 is 2.60 bits per heavy atom. The molecule has 0 fully saturated rings. The average Bonchev–Trinajstić information content (AvgIpc) is 2.61. The van der Waals surface area contributed by atoms with Crippen molar-refractivity contribution in [1.82, 2.24) is 19.7 Å². The molecule has 0 aliphatic carbocycles. The molecular formula is C10H11BN4. The van der Waals surface area contributed by atoms with Crippen LogP contribution >= 0.6 is 0 Å². The van der Waals surface area contributed by atoms with E-state index in [1.165, 1.54) is 0 Å². The van der Waals surface area contributed by atoms with Crippen LogP contribution in [0.3, 0.4) is 0 Å². The van der Waals surface area contributed by atoms with Gasteiger partial charge in [0, 0.05) is 18.9 Å². The highest BCUT2D eigenvalue weighted by atomic mass is 15.3. The van der Waals surface area contributed by atoms with Gasteiger partial charge < -0.3 is 0 Å². The third-order valence-electron chi connectivity index (χ3n) is 2.10. The number of aryl methyl sites for hydroxylation is 2. The predicted octanol–water partition coefficient (Wildman–Crippen LogP) is 0.462. The molecule has 2 aromatic rings. The predicted molar refractivity (Wildman–Crippen MR) is 59.1 cm³/mol. The number of nitrogens with zero attached hydrogens (tertiary/aromatic N) is 4. The lowest BCUT2D eigenvalue weighted by atomic mass is 10.0. The van der Waals surface area contributed by atoms with E-state index in [1.807, 2.05) is 24.6 Å². The minimum absolute atomic E-state index is 0.568. The smallest absolute Gasteiger partial charge is 0.177 e. The van der Waals surface area contributed by atoms with Gasteiger partial charge >= 0.3 is 0 Å². The van der Waals surface area contributed by atoms with Gasteiger partial charge in [0.15, 0.2) is 5.82 Å². The second-order valence-electron chi connectivity index (χ2n) is 3.33. The summed E-state index contributed by atoms with van der Waals surface area (Å²) < 4.78 is 1.88. The molecule has 0 aromatic carbocycles. The van der Waals surface area contributed by atoms with Crippen LogP contribution in [0.5, 0.6) is 0 Å². The van der Waals surface area contributed by atoms with E-state index >= 15 is 0 Å². The van der Waals surface area contributed by atoms with Crippen LogP contribution in [0.2, 0.25) is 0 Å². The van der Waals surface area contributed by atoms with E-state index in [2.05, 4.69) is 15.1 Å². The zero-order valence-electron chi connectivity index (χ0n) is 8.81. The highest BCUT2D eigenvalue weighted by molar-refractivity contribution is 6.31. The molecule has 74 valence electrons. The molecule has 2 rings (SSSR count). The van der Waals surface area contributed by atoms with Crippen molar-refractivity contribution in [3.05, 3.63) is 24.2 Å². The van der Waals surface area contributed by atoms with Crippen molar-refractivity contribution in [2.45, 2.75) is 20.4 Å². The fourth-order valence-electron chi connectivity index (χ4n) is 1.44. The fraction of sp³-hybridized carbons (Fsp3) is 0.300. The Morgan fingerprint density at radius 2 is 2.00 bits per heavy atom. The summed E-state index contributed by atoms with van der Waals surface area (Å²) in [6.07, 6.45) is 3.20. The van der Waals surface area contributed by atoms with Crippen LogP contribution in [0.25, 0.3) is 11.5 Å². The highest BCUT2D eigenvalue weighted by Crippen LogP contribution is 2.14. The monoisotopic (exact) mass is 198 g/mol. The molecule has 0 unspecified atom stereocenters. The maximum Gasteiger partial charge on any atom is 0.177 e. The Balaban J connectivity index is 2.48. The first kappa shape index (κ1) is 9.89. The maximum absolute atomic E-state index is 5.53. The summed E-state index contributed by atoms with van der Waals surface area (Å²) in [4.78, 5) is 8.35. The van der Waals surface area contributed by atoms with Gasteiger partial charge in [0.2, 0.25) is 0 Å². The van der Waals surface area contributed by atoms with Crippen molar-refractivity contribution >= 4 is 13.3 Å². The van der Waals surface area contributed by atoms with Gasteiger partial charge in [0.25, 0.3) is 0 Å². The summed E-state index contributed by atoms with van der Waals surface area (Å²) in [6.45, 7) is 4.79. The normalized spacial score (nSPS) is 10.5. The highest BCUT2D eigenvalue weighted by Gasteiger charge is 2.08. The van der Waals surface area contributed by atoms with Crippen LogP contribution in [-0.4, -0.2) is 27.6 Å². The van der Waals surface area contributed by atoms with E-state index in [1.54, 1.807) is 12.4 Å². The molecule has 5 heteroatoms. The third-order valence-corrected chi connectivity index (χ3v) is 2.10. The molecule has 0 bridgehead atoms. The number of hydrogen-bond donors (Lipinski definition) is 0. The van der Waals surface area contributed by atoms with Crippen molar-refractivity contribution in [2.75, 3.05) is 0 Å². The van der Waals surface area contributed by atoms with E-state index in [4.69, 9.17) is 7.85 Å². The number of aromatic nitrogens is 4. The maximum atomic E-state index is 5.53. The molecule has 0 N–H and O–H groups in total. The van der Waals surface area contributed by atoms with Gasteiger partial charge in [-0.15, -0.1) is 0 Å². The lowest BCUT2D eigenvalue weighted by molar-refractivity contribution is 0.657. The molecule has 2 heterocycles. The first-order valence-corrected chi connectivity index (χ1v) is 4.83. The van der Waals surface area contributed by atoms with Crippen LogP contribution < -0.4 is 5.46 Å². The lowest BCUT2D eigenvalue weighted by Gasteiger charge is -2.02. The molecule has 0 aliphatic heterocycles. The molecule has 0 atom stereocenters. The molecule has 0 spiro atoms. The van der Waals surface area contributed by atoms with Crippen LogP contribution in [-0.2, 0) is 6.54 Å². The zero-order valence-corrected chi connectivity index (χ0v) is 8.81. The first-order valence-electron chi connectivity index (χ1n) is 4.83.